The molecule has 0 unspecified atom stereocenters. The van der Waals surface area contributed by atoms with Gasteiger partial charge < -0.3 is 20.5 Å². The fourth-order valence-electron chi connectivity index (χ4n) is 3.27. The van der Waals surface area contributed by atoms with Crippen LogP contribution in [0.2, 0.25) is 0 Å². The van der Waals surface area contributed by atoms with Gasteiger partial charge >= 0.3 is 11.9 Å². The fraction of sp³-hybridized carbons (Fsp3) is 0.400. The highest BCUT2D eigenvalue weighted by Crippen LogP contribution is 2.22. The zero-order valence-corrected chi connectivity index (χ0v) is 20.1. The summed E-state index contributed by atoms with van der Waals surface area (Å²) < 4.78 is 5.33. The molecule has 3 N–H and O–H groups in total. The first-order valence-electron chi connectivity index (χ1n) is 10.8. The van der Waals surface area contributed by atoms with Crippen molar-refractivity contribution in [3.63, 3.8) is 0 Å². The average molecular weight is 473 g/mol. The van der Waals surface area contributed by atoms with Crippen molar-refractivity contribution >= 4 is 36.2 Å². The standard InChI is InChI=1S/C25H32N2O5S/c1-24(2,3)32-21(28)14-15-25(23(30)31,26-20-12-8-5-9-13-20)27-22(29)19(17-33)16-18-10-6-4-7-11-18/h4-13,19,26,33H,14-17H2,1-3H3,(H,27,29)(H,30,31)/t19-,25+/m1/s1. The SMILES string of the molecule is CC(C)(C)OC(=O)CC[C@@](NC(=O)[C@@H](CS)Cc1ccccc1)(Nc1ccccc1)C(=O)O. The quantitative estimate of drug-likeness (QED) is 0.225. The van der Waals surface area contributed by atoms with Gasteiger partial charge in [-0.15, -0.1) is 0 Å². The van der Waals surface area contributed by atoms with E-state index in [1.54, 1.807) is 51.1 Å². The first-order valence-corrected chi connectivity index (χ1v) is 11.4. The Hall–Kier alpha value is -3.00. The fourth-order valence-corrected chi connectivity index (χ4v) is 3.57. The van der Waals surface area contributed by atoms with Crippen LogP contribution >= 0.6 is 12.6 Å². The molecule has 7 nitrogen and oxygen atoms in total. The third-order valence-electron chi connectivity index (χ3n) is 4.87. The van der Waals surface area contributed by atoms with Gasteiger partial charge in [-0.3, -0.25) is 9.59 Å². The Morgan fingerprint density at radius 1 is 1.00 bits per heavy atom. The molecule has 2 aromatic rings. The molecule has 33 heavy (non-hydrogen) atoms. The number of esters is 1. The second-order valence-corrected chi connectivity index (χ2v) is 9.21. The number of nitrogens with one attached hydrogen (secondary N) is 2. The molecule has 2 aromatic carbocycles. The summed E-state index contributed by atoms with van der Waals surface area (Å²) in [6.45, 7) is 5.21. The molecular formula is C25H32N2O5S. The predicted octanol–water partition coefficient (Wildman–Crippen LogP) is 3.91. The molecule has 0 fully saturated rings. The van der Waals surface area contributed by atoms with Gasteiger partial charge in [0, 0.05) is 17.9 Å². The zero-order chi connectivity index (χ0) is 24.5. The maximum atomic E-state index is 13.2. The molecule has 1 amide bonds. The van der Waals surface area contributed by atoms with Crippen molar-refractivity contribution in [2.45, 2.75) is 51.3 Å². The van der Waals surface area contributed by atoms with Crippen molar-refractivity contribution in [3.8, 4) is 0 Å². The average Bonchev–Trinajstić information content (AvgIpc) is 2.76. The molecule has 8 heteroatoms. The number of carboxylic acids is 1. The number of benzene rings is 2. The summed E-state index contributed by atoms with van der Waals surface area (Å²) in [7, 11) is 0. The molecule has 2 atom stereocenters. The molecule has 0 bridgehead atoms. The predicted molar refractivity (Wildman–Crippen MR) is 131 cm³/mol. The van der Waals surface area contributed by atoms with Crippen LogP contribution < -0.4 is 10.6 Å². The number of thiol groups is 1. The number of carboxylic acid groups (broad SMARTS) is 1. The lowest BCUT2D eigenvalue weighted by atomic mass is 9.97. The normalized spacial score (nSPS) is 13.9. The number of carbonyl (C=O) groups excluding carboxylic acids is 2. The lowest BCUT2D eigenvalue weighted by Gasteiger charge is -2.34. The second-order valence-electron chi connectivity index (χ2n) is 8.85. The molecule has 0 aromatic heterocycles. The zero-order valence-electron chi connectivity index (χ0n) is 19.2. The first kappa shape index (κ1) is 26.3. The van der Waals surface area contributed by atoms with E-state index in [1.165, 1.54) is 0 Å². The van der Waals surface area contributed by atoms with Gasteiger partial charge in [0.1, 0.15) is 5.60 Å². The minimum atomic E-state index is -1.91. The van der Waals surface area contributed by atoms with E-state index in [1.807, 2.05) is 30.3 Å². The minimum Gasteiger partial charge on any atom is -0.478 e. The van der Waals surface area contributed by atoms with E-state index in [2.05, 4.69) is 23.3 Å². The number of anilines is 1. The lowest BCUT2D eigenvalue weighted by Crippen LogP contribution is -2.61. The third kappa shape index (κ3) is 8.46. The van der Waals surface area contributed by atoms with E-state index >= 15 is 0 Å². The van der Waals surface area contributed by atoms with Crippen LogP contribution in [0, 0.1) is 5.92 Å². The van der Waals surface area contributed by atoms with Crippen molar-refractivity contribution in [2.75, 3.05) is 11.1 Å². The summed E-state index contributed by atoms with van der Waals surface area (Å²) in [5, 5.41) is 15.8. The van der Waals surface area contributed by atoms with Crippen LogP contribution in [0.15, 0.2) is 60.7 Å². The highest BCUT2D eigenvalue weighted by atomic mass is 32.1. The van der Waals surface area contributed by atoms with Gasteiger partial charge in [0.2, 0.25) is 11.6 Å². The number of para-hydroxylation sites is 1. The van der Waals surface area contributed by atoms with Gasteiger partial charge in [0.15, 0.2) is 0 Å². The van der Waals surface area contributed by atoms with Gasteiger partial charge in [0.25, 0.3) is 0 Å². The lowest BCUT2D eigenvalue weighted by molar-refractivity contribution is -0.156. The van der Waals surface area contributed by atoms with Crippen molar-refractivity contribution in [1.29, 1.82) is 0 Å². The van der Waals surface area contributed by atoms with Crippen LogP contribution in [-0.4, -0.2) is 40.0 Å². The molecule has 0 aliphatic rings. The number of aliphatic carboxylic acids is 1. The topological polar surface area (TPSA) is 105 Å². The van der Waals surface area contributed by atoms with Crippen LogP contribution in [0.5, 0.6) is 0 Å². The van der Waals surface area contributed by atoms with Gasteiger partial charge in [-0.2, -0.15) is 12.6 Å². The molecular weight excluding hydrogens is 440 g/mol. The second kappa shape index (κ2) is 11.7. The van der Waals surface area contributed by atoms with E-state index in [9.17, 15) is 19.5 Å². The first-order chi connectivity index (χ1) is 15.5. The monoisotopic (exact) mass is 472 g/mol. The van der Waals surface area contributed by atoms with Crippen LogP contribution in [-0.2, 0) is 25.5 Å². The summed E-state index contributed by atoms with van der Waals surface area (Å²) in [6.07, 6.45) is -0.000303. The summed E-state index contributed by atoms with van der Waals surface area (Å²) in [4.78, 5) is 38.0. The Kier molecular flexibility index (Phi) is 9.34. The summed E-state index contributed by atoms with van der Waals surface area (Å²) in [5.74, 6) is -2.65. The molecule has 0 saturated carbocycles. The highest BCUT2D eigenvalue weighted by molar-refractivity contribution is 7.80. The maximum absolute atomic E-state index is 13.2. The largest absolute Gasteiger partial charge is 0.478 e. The summed E-state index contributed by atoms with van der Waals surface area (Å²) in [6, 6.07) is 18.1. The molecule has 0 radical (unpaired) electrons. The van der Waals surface area contributed by atoms with Gasteiger partial charge in [-0.05, 0) is 44.9 Å². The Bertz CT molecular complexity index is 931. The number of hydrogen-bond donors (Lipinski definition) is 4. The summed E-state index contributed by atoms with van der Waals surface area (Å²) >= 11 is 4.31. The molecule has 0 spiro atoms. The van der Waals surface area contributed by atoms with Crippen molar-refractivity contribution < 1.29 is 24.2 Å². The van der Waals surface area contributed by atoms with Gasteiger partial charge in [-0.25, -0.2) is 4.79 Å². The van der Waals surface area contributed by atoms with Crippen LogP contribution in [0.25, 0.3) is 0 Å². The van der Waals surface area contributed by atoms with Gasteiger partial charge in [-0.1, -0.05) is 48.5 Å². The highest BCUT2D eigenvalue weighted by Gasteiger charge is 2.42. The van der Waals surface area contributed by atoms with Crippen LogP contribution in [0.3, 0.4) is 0 Å². The molecule has 178 valence electrons. The number of amides is 1. The Labute approximate surface area is 200 Å². The summed E-state index contributed by atoms with van der Waals surface area (Å²) in [5.41, 5.74) is -1.17. The molecule has 0 aliphatic heterocycles. The van der Waals surface area contributed by atoms with E-state index in [0.717, 1.165) is 5.56 Å². The molecule has 0 aliphatic carbocycles. The Morgan fingerprint density at radius 3 is 2.09 bits per heavy atom. The minimum absolute atomic E-state index is 0.200. The number of carbonyl (C=O) groups is 3. The van der Waals surface area contributed by atoms with E-state index in [0.29, 0.717) is 12.1 Å². The van der Waals surface area contributed by atoms with Crippen LogP contribution in [0.4, 0.5) is 5.69 Å². The Balaban J connectivity index is 2.27. The van der Waals surface area contributed by atoms with E-state index < -0.39 is 35.0 Å². The maximum Gasteiger partial charge on any atom is 0.350 e. The van der Waals surface area contributed by atoms with Gasteiger partial charge in [0.05, 0.1) is 12.3 Å². The van der Waals surface area contributed by atoms with Crippen molar-refractivity contribution in [2.24, 2.45) is 5.92 Å². The van der Waals surface area contributed by atoms with Crippen molar-refractivity contribution in [3.05, 3.63) is 66.2 Å². The molecule has 2 rings (SSSR count). The van der Waals surface area contributed by atoms with E-state index in [-0.39, 0.29) is 18.6 Å². The molecule has 0 saturated heterocycles. The van der Waals surface area contributed by atoms with Crippen molar-refractivity contribution in [1.82, 2.24) is 5.32 Å². The molecule has 0 heterocycles. The van der Waals surface area contributed by atoms with Crippen LogP contribution in [0.1, 0.15) is 39.2 Å². The number of ether oxygens (including phenoxy) is 1. The third-order valence-corrected chi connectivity index (χ3v) is 5.31. The smallest absolute Gasteiger partial charge is 0.350 e. The van der Waals surface area contributed by atoms with E-state index in [4.69, 9.17) is 4.74 Å². The number of hydrogen-bond acceptors (Lipinski definition) is 6. The number of rotatable bonds is 11. The Morgan fingerprint density at radius 2 is 1.58 bits per heavy atom.